The van der Waals surface area contributed by atoms with E-state index in [4.69, 9.17) is 5.11 Å². The first-order valence-corrected chi connectivity index (χ1v) is 9.87. The zero-order valence-corrected chi connectivity index (χ0v) is 15.6. The van der Waals surface area contributed by atoms with Gasteiger partial charge in [-0.05, 0) is 42.8 Å². The molecular formula is C18H27N3O3S. The molecule has 1 aromatic carbocycles. The summed E-state index contributed by atoms with van der Waals surface area (Å²) >= 11 is 1.87. The van der Waals surface area contributed by atoms with Crippen molar-refractivity contribution >= 4 is 29.4 Å². The fraction of sp³-hybridized carbons (Fsp3) is 0.556. The standard InChI is InChI=1S/C18H27N3O3S/c1-3-21(11-17(22)23)16-9-15(10-16)20-18(24)19-14-7-5-13(6-8-14)12-25-4-2/h5-8,15-16H,3-4,9-12H2,1-2H3,(H,22,23)(H2,19,20,24). The quantitative estimate of drug-likeness (QED) is 0.627. The fourth-order valence-corrected chi connectivity index (χ4v) is 3.57. The van der Waals surface area contributed by atoms with Crippen molar-refractivity contribution in [3.05, 3.63) is 29.8 Å². The smallest absolute Gasteiger partial charge is 0.319 e. The van der Waals surface area contributed by atoms with Gasteiger partial charge in [0.15, 0.2) is 0 Å². The molecule has 0 unspecified atom stereocenters. The summed E-state index contributed by atoms with van der Waals surface area (Å²) in [6.07, 6.45) is 1.59. The highest BCUT2D eigenvalue weighted by atomic mass is 32.2. The Morgan fingerprint density at radius 1 is 1.24 bits per heavy atom. The van der Waals surface area contributed by atoms with Crippen LogP contribution < -0.4 is 10.6 Å². The van der Waals surface area contributed by atoms with Gasteiger partial charge in [0.2, 0.25) is 0 Å². The summed E-state index contributed by atoms with van der Waals surface area (Å²) in [6.45, 7) is 4.86. The van der Waals surface area contributed by atoms with Crippen molar-refractivity contribution < 1.29 is 14.7 Å². The Hall–Kier alpha value is -1.73. The minimum atomic E-state index is -0.809. The third-order valence-corrected chi connectivity index (χ3v) is 5.34. The number of amides is 2. The van der Waals surface area contributed by atoms with Crippen LogP contribution in [0.4, 0.5) is 10.5 Å². The van der Waals surface area contributed by atoms with Gasteiger partial charge < -0.3 is 15.7 Å². The Kier molecular flexibility index (Phi) is 7.58. The van der Waals surface area contributed by atoms with Crippen molar-refractivity contribution in [3.63, 3.8) is 0 Å². The third-order valence-electron chi connectivity index (χ3n) is 4.39. The lowest BCUT2D eigenvalue weighted by Crippen LogP contribution is -2.55. The van der Waals surface area contributed by atoms with Crippen LogP contribution in [0.25, 0.3) is 0 Å². The lowest BCUT2D eigenvalue weighted by atomic mass is 9.85. The normalized spacial score (nSPS) is 19.3. The molecule has 7 heteroatoms. The van der Waals surface area contributed by atoms with Crippen molar-refractivity contribution in [2.45, 2.75) is 44.5 Å². The van der Waals surface area contributed by atoms with Crippen molar-refractivity contribution in [2.24, 2.45) is 0 Å². The number of carbonyl (C=O) groups excluding carboxylic acids is 1. The number of aliphatic carboxylic acids is 1. The number of carboxylic acid groups (broad SMARTS) is 1. The molecule has 25 heavy (non-hydrogen) atoms. The van der Waals surface area contributed by atoms with E-state index >= 15 is 0 Å². The number of carbonyl (C=O) groups is 2. The average Bonchev–Trinajstić information content (AvgIpc) is 2.55. The summed E-state index contributed by atoms with van der Waals surface area (Å²) in [5, 5.41) is 14.7. The first-order valence-electron chi connectivity index (χ1n) is 8.71. The largest absolute Gasteiger partial charge is 0.480 e. The molecule has 3 N–H and O–H groups in total. The number of anilines is 1. The first kappa shape index (κ1) is 19.6. The maximum Gasteiger partial charge on any atom is 0.319 e. The second-order valence-corrected chi connectivity index (χ2v) is 7.49. The fourth-order valence-electron chi connectivity index (χ4n) is 2.93. The minimum absolute atomic E-state index is 0.0583. The molecule has 0 atom stereocenters. The molecule has 0 bridgehead atoms. The summed E-state index contributed by atoms with van der Waals surface area (Å²) in [5.74, 6) is 1.26. The number of hydrogen-bond acceptors (Lipinski definition) is 4. The number of urea groups is 1. The predicted molar refractivity (Wildman–Crippen MR) is 102 cm³/mol. The average molecular weight is 365 g/mol. The Morgan fingerprint density at radius 2 is 1.92 bits per heavy atom. The van der Waals surface area contributed by atoms with Crippen molar-refractivity contribution in [1.82, 2.24) is 10.2 Å². The molecular weight excluding hydrogens is 338 g/mol. The van der Waals surface area contributed by atoms with Crippen LogP contribution in [0.1, 0.15) is 32.3 Å². The van der Waals surface area contributed by atoms with E-state index in [9.17, 15) is 9.59 Å². The molecule has 138 valence electrons. The molecule has 0 spiro atoms. The maximum absolute atomic E-state index is 12.1. The summed E-state index contributed by atoms with van der Waals surface area (Å²) < 4.78 is 0. The maximum atomic E-state index is 12.1. The van der Waals surface area contributed by atoms with Gasteiger partial charge in [-0.2, -0.15) is 11.8 Å². The number of nitrogens with one attached hydrogen (secondary N) is 2. The monoisotopic (exact) mass is 365 g/mol. The van der Waals surface area contributed by atoms with Crippen LogP contribution in [-0.2, 0) is 10.5 Å². The van der Waals surface area contributed by atoms with Crippen LogP contribution in [0.5, 0.6) is 0 Å². The number of likely N-dealkylation sites (N-methyl/N-ethyl adjacent to an activating group) is 1. The van der Waals surface area contributed by atoms with E-state index in [0.717, 1.165) is 30.0 Å². The van der Waals surface area contributed by atoms with Crippen LogP contribution in [-0.4, -0.2) is 52.9 Å². The molecule has 1 saturated carbocycles. The number of rotatable bonds is 9. The molecule has 1 fully saturated rings. The van der Waals surface area contributed by atoms with Crippen LogP contribution in [0.15, 0.2) is 24.3 Å². The van der Waals surface area contributed by atoms with E-state index < -0.39 is 5.97 Å². The lowest BCUT2D eigenvalue weighted by molar-refractivity contribution is -0.139. The number of benzene rings is 1. The molecule has 1 aliphatic rings. The molecule has 0 aliphatic heterocycles. The molecule has 2 rings (SSSR count). The SMILES string of the molecule is CCSCc1ccc(NC(=O)NC2CC(N(CC)CC(=O)O)C2)cc1. The topological polar surface area (TPSA) is 81.7 Å². The molecule has 2 amide bonds. The third kappa shape index (κ3) is 6.25. The Bertz CT molecular complexity index is 573. The molecule has 1 aliphatic carbocycles. The van der Waals surface area contributed by atoms with E-state index in [1.54, 1.807) is 0 Å². The summed E-state index contributed by atoms with van der Waals surface area (Å²) in [5.41, 5.74) is 2.03. The van der Waals surface area contributed by atoms with Crippen molar-refractivity contribution in [1.29, 1.82) is 0 Å². The second kappa shape index (κ2) is 9.68. The Balaban J connectivity index is 1.72. The van der Waals surface area contributed by atoms with Gasteiger partial charge in [-0.25, -0.2) is 4.79 Å². The highest BCUT2D eigenvalue weighted by Crippen LogP contribution is 2.25. The van der Waals surface area contributed by atoms with Gasteiger partial charge in [0.1, 0.15) is 0 Å². The van der Waals surface area contributed by atoms with E-state index in [0.29, 0.717) is 6.54 Å². The predicted octanol–water partition coefficient (Wildman–Crippen LogP) is 3.00. The lowest BCUT2D eigenvalue weighted by Gasteiger charge is -2.42. The van der Waals surface area contributed by atoms with Gasteiger partial charge in [-0.15, -0.1) is 0 Å². The molecule has 0 radical (unpaired) electrons. The highest BCUT2D eigenvalue weighted by molar-refractivity contribution is 7.98. The van der Waals surface area contributed by atoms with Gasteiger partial charge in [0.05, 0.1) is 6.54 Å². The molecule has 0 saturated heterocycles. The van der Waals surface area contributed by atoms with Gasteiger partial charge in [0, 0.05) is 23.5 Å². The van der Waals surface area contributed by atoms with E-state index in [2.05, 4.69) is 17.6 Å². The van der Waals surface area contributed by atoms with Gasteiger partial charge in [-0.3, -0.25) is 9.69 Å². The first-order chi connectivity index (χ1) is 12.0. The van der Waals surface area contributed by atoms with E-state index in [-0.39, 0.29) is 24.7 Å². The van der Waals surface area contributed by atoms with Crippen molar-refractivity contribution in [3.8, 4) is 0 Å². The zero-order valence-electron chi connectivity index (χ0n) is 14.8. The minimum Gasteiger partial charge on any atom is -0.480 e. The number of carboxylic acids is 1. The van der Waals surface area contributed by atoms with Crippen LogP contribution in [0.2, 0.25) is 0 Å². The molecule has 6 nitrogen and oxygen atoms in total. The zero-order chi connectivity index (χ0) is 18.2. The molecule has 0 aromatic heterocycles. The number of thioether (sulfide) groups is 1. The van der Waals surface area contributed by atoms with Crippen LogP contribution >= 0.6 is 11.8 Å². The van der Waals surface area contributed by atoms with E-state index in [1.807, 2.05) is 47.9 Å². The van der Waals surface area contributed by atoms with Gasteiger partial charge in [-0.1, -0.05) is 26.0 Å². The molecule has 1 aromatic rings. The van der Waals surface area contributed by atoms with Gasteiger partial charge >= 0.3 is 12.0 Å². The highest BCUT2D eigenvalue weighted by Gasteiger charge is 2.34. The Labute approximate surface area is 153 Å². The summed E-state index contributed by atoms with van der Waals surface area (Å²) in [7, 11) is 0. The van der Waals surface area contributed by atoms with E-state index in [1.165, 1.54) is 5.56 Å². The van der Waals surface area contributed by atoms with Crippen LogP contribution in [0.3, 0.4) is 0 Å². The summed E-state index contributed by atoms with van der Waals surface area (Å²) in [4.78, 5) is 24.8. The van der Waals surface area contributed by atoms with Gasteiger partial charge in [0.25, 0.3) is 0 Å². The number of hydrogen-bond donors (Lipinski definition) is 3. The Morgan fingerprint density at radius 3 is 2.48 bits per heavy atom. The summed E-state index contributed by atoms with van der Waals surface area (Å²) in [6, 6.07) is 8.03. The molecule has 0 heterocycles. The van der Waals surface area contributed by atoms with Crippen LogP contribution in [0, 0.1) is 0 Å². The second-order valence-electron chi connectivity index (χ2n) is 6.21. The number of nitrogens with zero attached hydrogens (tertiary/aromatic N) is 1. The van der Waals surface area contributed by atoms with Crippen molar-refractivity contribution in [2.75, 3.05) is 24.2 Å².